The smallest absolute Gasteiger partial charge is 0.307 e. The molecule has 25 heavy (non-hydrogen) atoms. The predicted octanol–water partition coefficient (Wildman–Crippen LogP) is 1.91. The average molecular weight is 349 g/mol. The summed E-state index contributed by atoms with van der Waals surface area (Å²) >= 11 is 0. The van der Waals surface area contributed by atoms with Gasteiger partial charge in [0, 0.05) is 24.5 Å². The molecule has 0 aromatic heterocycles. The summed E-state index contributed by atoms with van der Waals surface area (Å²) in [6, 6.07) is 0. The maximum absolute atomic E-state index is 12.4. The first-order valence-corrected chi connectivity index (χ1v) is 9.57. The summed E-state index contributed by atoms with van der Waals surface area (Å²) in [6.45, 7) is 5.01. The number of carbonyl (C=O) groups excluding carboxylic acids is 3. The number of rotatable bonds is 4. The van der Waals surface area contributed by atoms with E-state index in [2.05, 4.69) is 13.8 Å². The van der Waals surface area contributed by atoms with Crippen LogP contribution in [-0.4, -0.2) is 48.0 Å². The molecule has 0 unspecified atom stereocenters. The fourth-order valence-corrected chi connectivity index (χ4v) is 5.37. The first-order chi connectivity index (χ1) is 11.9. The molecular formula is C19H27NO5. The number of ether oxygens (including phenoxy) is 2. The second-order valence-corrected chi connectivity index (χ2v) is 8.55. The molecule has 4 rings (SSSR count). The van der Waals surface area contributed by atoms with Gasteiger partial charge in [0.1, 0.15) is 6.10 Å². The highest BCUT2D eigenvalue weighted by Crippen LogP contribution is 2.53. The van der Waals surface area contributed by atoms with E-state index in [0.717, 1.165) is 38.7 Å². The number of hydrogen-bond donors (Lipinski definition) is 0. The van der Waals surface area contributed by atoms with Gasteiger partial charge in [-0.25, -0.2) is 0 Å². The molecule has 0 spiro atoms. The van der Waals surface area contributed by atoms with Crippen molar-refractivity contribution in [3.05, 3.63) is 0 Å². The van der Waals surface area contributed by atoms with E-state index in [1.807, 2.05) is 0 Å². The third kappa shape index (κ3) is 2.60. The van der Waals surface area contributed by atoms with Crippen molar-refractivity contribution in [3.63, 3.8) is 0 Å². The van der Waals surface area contributed by atoms with Crippen LogP contribution in [0.3, 0.4) is 0 Å². The second-order valence-electron chi connectivity index (χ2n) is 8.55. The fraction of sp³-hybridized carbons (Fsp3) is 0.842. The lowest BCUT2D eigenvalue weighted by atomic mass is 9.59. The zero-order valence-corrected chi connectivity index (χ0v) is 15.0. The molecule has 138 valence electrons. The van der Waals surface area contributed by atoms with E-state index in [1.54, 1.807) is 0 Å². The van der Waals surface area contributed by atoms with E-state index < -0.39 is 0 Å². The van der Waals surface area contributed by atoms with Crippen molar-refractivity contribution in [2.75, 3.05) is 13.2 Å². The number of nitrogens with zero attached hydrogens (tertiary/aromatic N) is 1. The predicted molar refractivity (Wildman–Crippen MR) is 88.3 cm³/mol. The molecule has 2 heterocycles. The zero-order chi connectivity index (χ0) is 17.8. The van der Waals surface area contributed by atoms with Crippen LogP contribution in [-0.2, 0) is 23.9 Å². The molecule has 2 saturated carbocycles. The Labute approximate surface area is 148 Å². The third-order valence-corrected chi connectivity index (χ3v) is 6.72. The van der Waals surface area contributed by atoms with Gasteiger partial charge in [-0.2, -0.15) is 0 Å². The standard InChI is InChI=1S/C19H27NO5/c1-19(2)15-13(8-10-24-15)16(19)25-14(21)7-9-20-17(22)11-5-3-4-6-12(11)18(20)23/h11-13,15-16H,3-10H2,1-2H3/t11-,12+,13-,15+,16+/m0/s1. The zero-order valence-electron chi connectivity index (χ0n) is 15.0. The summed E-state index contributed by atoms with van der Waals surface area (Å²) in [5.74, 6) is -0.513. The highest BCUT2D eigenvalue weighted by Gasteiger charge is 2.61. The minimum atomic E-state index is -0.320. The van der Waals surface area contributed by atoms with E-state index in [1.165, 1.54) is 4.90 Å². The van der Waals surface area contributed by atoms with Crippen LogP contribution in [0.2, 0.25) is 0 Å². The Morgan fingerprint density at radius 2 is 1.80 bits per heavy atom. The molecule has 2 aliphatic heterocycles. The number of hydrogen-bond acceptors (Lipinski definition) is 5. The van der Waals surface area contributed by atoms with Gasteiger partial charge in [0.25, 0.3) is 0 Å². The molecule has 2 aliphatic carbocycles. The lowest BCUT2D eigenvalue weighted by Crippen LogP contribution is -2.61. The molecule has 0 aromatic carbocycles. The highest BCUT2D eigenvalue weighted by molar-refractivity contribution is 6.05. The van der Waals surface area contributed by atoms with Gasteiger partial charge < -0.3 is 9.47 Å². The minimum absolute atomic E-state index is 0.0851. The van der Waals surface area contributed by atoms with Crippen LogP contribution in [0, 0.1) is 23.2 Å². The highest BCUT2D eigenvalue weighted by atomic mass is 16.6. The van der Waals surface area contributed by atoms with E-state index in [0.29, 0.717) is 0 Å². The summed E-state index contributed by atoms with van der Waals surface area (Å²) in [6.07, 6.45) is 4.69. The fourth-order valence-electron chi connectivity index (χ4n) is 5.37. The second kappa shape index (κ2) is 6.08. The molecule has 0 aromatic rings. The van der Waals surface area contributed by atoms with Gasteiger partial charge in [0.2, 0.25) is 11.8 Å². The molecular weight excluding hydrogens is 322 g/mol. The summed E-state index contributed by atoms with van der Waals surface area (Å²) < 4.78 is 11.4. The maximum atomic E-state index is 12.4. The van der Waals surface area contributed by atoms with Crippen molar-refractivity contribution in [2.24, 2.45) is 23.2 Å². The molecule has 2 amide bonds. The average Bonchev–Trinajstić information content (AvgIpc) is 3.15. The summed E-state index contributed by atoms with van der Waals surface area (Å²) in [5.41, 5.74) is -0.162. The Morgan fingerprint density at radius 3 is 2.44 bits per heavy atom. The van der Waals surface area contributed by atoms with E-state index >= 15 is 0 Å². The van der Waals surface area contributed by atoms with Crippen molar-refractivity contribution < 1.29 is 23.9 Å². The molecule has 0 bridgehead atoms. The third-order valence-electron chi connectivity index (χ3n) is 6.72. The molecule has 0 N–H and O–H groups in total. The first-order valence-electron chi connectivity index (χ1n) is 9.57. The van der Waals surface area contributed by atoms with Crippen molar-refractivity contribution in [1.29, 1.82) is 0 Å². The molecule has 4 aliphatic rings. The molecule has 0 radical (unpaired) electrons. The Balaban J connectivity index is 1.32. The number of fused-ring (bicyclic) bond motifs is 2. The minimum Gasteiger partial charge on any atom is -0.461 e. The number of likely N-dealkylation sites (tertiary alicyclic amines) is 1. The van der Waals surface area contributed by atoms with Crippen LogP contribution in [0.5, 0.6) is 0 Å². The normalized spacial score (nSPS) is 39.0. The van der Waals surface area contributed by atoms with Crippen LogP contribution >= 0.6 is 0 Å². The molecule has 4 fully saturated rings. The van der Waals surface area contributed by atoms with Crippen LogP contribution in [0.4, 0.5) is 0 Å². The lowest BCUT2D eigenvalue weighted by molar-refractivity contribution is -0.210. The first kappa shape index (κ1) is 17.0. The van der Waals surface area contributed by atoms with E-state index in [4.69, 9.17) is 9.47 Å². The van der Waals surface area contributed by atoms with Gasteiger partial charge in [-0.05, 0) is 19.3 Å². The number of carbonyl (C=O) groups is 3. The molecule has 6 nitrogen and oxygen atoms in total. The van der Waals surface area contributed by atoms with Crippen molar-refractivity contribution in [1.82, 2.24) is 4.90 Å². The van der Waals surface area contributed by atoms with Gasteiger partial charge in [0.15, 0.2) is 0 Å². The quantitative estimate of drug-likeness (QED) is 0.573. The molecule has 6 heteroatoms. The van der Waals surface area contributed by atoms with Crippen LogP contribution in [0.15, 0.2) is 0 Å². The van der Waals surface area contributed by atoms with Gasteiger partial charge >= 0.3 is 5.97 Å². The number of imide groups is 1. The van der Waals surface area contributed by atoms with E-state index in [9.17, 15) is 14.4 Å². The Hall–Kier alpha value is -1.43. The number of esters is 1. The Bertz CT molecular complexity index is 577. The largest absolute Gasteiger partial charge is 0.461 e. The van der Waals surface area contributed by atoms with Crippen molar-refractivity contribution in [3.8, 4) is 0 Å². The SMILES string of the molecule is CC1(C)[C@@H]2OCC[C@@H]2[C@H]1OC(=O)CCN1C(=O)[C@H]2CCCC[C@H]2C1=O. The maximum Gasteiger partial charge on any atom is 0.307 e. The van der Waals surface area contributed by atoms with Crippen LogP contribution < -0.4 is 0 Å². The molecule has 5 atom stereocenters. The Morgan fingerprint density at radius 1 is 1.16 bits per heavy atom. The molecule has 2 saturated heterocycles. The van der Waals surface area contributed by atoms with E-state index in [-0.39, 0.29) is 66.1 Å². The van der Waals surface area contributed by atoms with Gasteiger partial charge in [-0.1, -0.05) is 26.7 Å². The van der Waals surface area contributed by atoms with Crippen molar-refractivity contribution in [2.45, 2.75) is 64.6 Å². The Kier molecular flexibility index (Phi) is 4.13. The van der Waals surface area contributed by atoms with Gasteiger partial charge in [0.05, 0.1) is 24.4 Å². The monoisotopic (exact) mass is 349 g/mol. The van der Waals surface area contributed by atoms with Crippen LogP contribution in [0.25, 0.3) is 0 Å². The van der Waals surface area contributed by atoms with Gasteiger partial charge in [-0.3, -0.25) is 19.3 Å². The van der Waals surface area contributed by atoms with Crippen LogP contribution in [0.1, 0.15) is 52.4 Å². The topological polar surface area (TPSA) is 72.9 Å². The lowest BCUT2D eigenvalue weighted by Gasteiger charge is -2.53. The van der Waals surface area contributed by atoms with Crippen molar-refractivity contribution >= 4 is 17.8 Å². The summed E-state index contributed by atoms with van der Waals surface area (Å²) in [4.78, 5) is 38.5. The van der Waals surface area contributed by atoms with Gasteiger partial charge in [-0.15, -0.1) is 0 Å². The summed E-state index contributed by atoms with van der Waals surface area (Å²) in [7, 11) is 0. The number of amides is 2. The summed E-state index contributed by atoms with van der Waals surface area (Å²) in [5, 5.41) is 0.